The Kier molecular flexibility index (Phi) is 14.4. The van der Waals surface area contributed by atoms with E-state index in [1.807, 2.05) is 0 Å². The van der Waals surface area contributed by atoms with Gasteiger partial charge >= 0.3 is 0 Å². The van der Waals surface area contributed by atoms with E-state index < -0.39 is 0 Å². The molecule has 0 aromatic rings. The van der Waals surface area contributed by atoms with Crippen molar-refractivity contribution in [3.8, 4) is 0 Å². The summed E-state index contributed by atoms with van der Waals surface area (Å²) in [5.41, 5.74) is 0. The molecule has 0 fully saturated rings. The predicted molar refractivity (Wildman–Crippen MR) is 64.3 cm³/mol. The first kappa shape index (κ1) is 15.0. The molecule has 0 nitrogen and oxygen atoms in total. The standard InChI is InChI=1S/C10H24Si.ClH/c1-4-5-6-7-8-9-10-11(2)3;/h11H,4-10H2,1-3H3;1H. The maximum atomic E-state index is 2.45. The molecule has 0 aromatic heterocycles. The van der Waals surface area contributed by atoms with Gasteiger partial charge in [-0.15, -0.1) is 12.4 Å². The third kappa shape index (κ3) is 13.1. The largest absolute Gasteiger partial charge is 0.147 e. The van der Waals surface area contributed by atoms with Crippen LogP contribution in [0.4, 0.5) is 0 Å². The Morgan fingerprint density at radius 1 is 0.833 bits per heavy atom. The van der Waals surface area contributed by atoms with Crippen LogP contribution in [0.2, 0.25) is 19.1 Å². The summed E-state index contributed by atoms with van der Waals surface area (Å²) in [5, 5.41) is 0. The summed E-state index contributed by atoms with van der Waals surface area (Å²) >= 11 is 0. The van der Waals surface area contributed by atoms with Crippen molar-refractivity contribution in [2.75, 3.05) is 0 Å². The molecule has 0 amide bonds. The summed E-state index contributed by atoms with van der Waals surface area (Å²) in [4.78, 5) is 0. The van der Waals surface area contributed by atoms with Gasteiger partial charge in [0.2, 0.25) is 0 Å². The minimum absolute atomic E-state index is 0. The highest BCUT2D eigenvalue weighted by Gasteiger charge is 1.94. The molecule has 0 unspecified atom stereocenters. The lowest BCUT2D eigenvalue weighted by Gasteiger charge is -2.02. The Morgan fingerprint density at radius 3 is 1.83 bits per heavy atom. The van der Waals surface area contributed by atoms with Crippen molar-refractivity contribution < 1.29 is 0 Å². The van der Waals surface area contributed by atoms with Gasteiger partial charge in [-0.3, -0.25) is 0 Å². The smallest absolute Gasteiger partial charge is 0.0305 e. The van der Waals surface area contributed by atoms with Gasteiger partial charge in [0.25, 0.3) is 0 Å². The van der Waals surface area contributed by atoms with E-state index in [2.05, 4.69) is 20.0 Å². The molecular weight excluding hydrogens is 184 g/mol. The minimum atomic E-state index is -0.229. The van der Waals surface area contributed by atoms with E-state index in [9.17, 15) is 0 Å². The van der Waals surface area contributed by atoms with E-state index in [0.717, 1.165) is 0 Å². The van der Waals surface area contributed by atoms with Crippen molar-refractivity contribution in [2.24, 2.45) is 0 Å². The van der Waals surface area contributed by atoms with Gasteiger partial charge in [0.05, 0.1) is 0 Å². The zero-order chi connectivity index (χ0) is 8.53. The van der Waals surface area contributed by atoms with E-state index in [4.69, 9.17) is 0 Å². The zero-order valence-electron chi connectivity index (χ0n) is 8.94. The number of halogens is 1. The fourth-order valence-corrected chi connectivity index (χ4v) is 2.44. The molecule has 0 N–H and O–H groups in total. The fraction of sp³-hybridized carbons (Fsp3) is 1.00. The molecule has 0 aliphatic carbocycles. The van der Waals surface area contributed by atoms with Crippen LogP contribution in [-0.2, 0) is 0 Å². The second-order valence-electron chi connectivity index (χ2n) is 3.95. The van der Waals surface area contributed by atoms with Crippen LogP contribution in [0.3, 0.4) is 0 Å². The summed E-state index contributed by atoms with van der Waals surface area (Å²) in [6, 6.07) is 1.56. The van der Waals surface area contributed by atoms with Gasteiger partial charge in [0.15, 0.2) is 0 Å². The maximum absolute atomic E-state index is 2.45. The van der Waals surface area contributed by atoms with Gasteiger partial charge in [-0.2, -0.15) is 0 Å². The van der Waals surface area contributed by atoms with Crippen molar-refractivity contribution in [2.45, 2.75) is 64.6 Å². The molecule has 0 aromatic carbocycles. The van der Waals surface area contributed by atoms with Crippen molar-refractivity contribution in [1.29, 1.82) is 0 Å². The van der Waals surface area contributed by atoms with Crippen LogP contribution in [0.15, 0.2) is 0 Å². The highest BCUT2D eigenvalue weighted by molar-refractivity contribution is 6.55. The van der Waals surface area contributed by atoms with Crippen molar-refractivity contribution >= 4 is 21.2 Å². The first-order chi connectivity index (χ1) is 5.27. The molecule has 0 saturated heterocycles. The lowest BCUT2D eigenvalue weighted by molar-refractivity contribution is 0.623. The summed E-state index contributed by atoms with van der Waals surface area (Å²) < 4.78 is 0. The summed E-state index contributed by atoms with van der Waals surface area (Å²) in [6.07, 6.45) is 8.77. The number of hydrogen-bond donors (Lipinski definition) is 0. The third-order valence-corrected chi connectivity index (χ3v) is 3.70. The molecule has 0 radical (unpaired) electrons. The van der Waals surface area contributed by atoms with Crippen LogP contribution in [0.25, 0.3) is 0 Å². The monoisotopic (exact) mass is 208 g/mol. The first-order valence-corrected chi connectivity index (χ1v) is 8.40. The SMILES string of the molecule is CCCCCCCC[SiH](C)C.Cl. The Morgan fingerprint density at radius 2 is 1.33 bits per heavy atom. The van der Waals surface area contributed by atoms with Crippen LogP contribution < -0.4 is 0 Å². The zero-order valence-corrected chi connectivity index (χ0v) is 10.9. The topological polar surface area (TPSA) is 0 Å². The molecule has 12 heavy (non-hydrogen) atoms. The van der Waals surface area contributed by atoms with E-state index in [0.29, 0.717) is 0 Å². The summed E-state index contributed by atoms with van der Waals surface area (Å²) in [7, 11) is -0.229. The predicted octanol–water partition coefficient (Wildman–Crippen LogP) is 4.26. The molecular formula is C10H25ClSi. The van der Waals surface area contributed by atoms with Gasteiger partial charge in [-0.05, 0) is 0 Å². The molecule has 0 rings (SSSR count). The molecule has 2 heteroatoms. The number of rotatable bonds is 7. The second kappa shape index (κ2) is 11.5. The van der Waals surface area contributed by atoms with Crippen molar-refractivity contribution in [1.82, 2.24) is 0 Å². The van der Waals surface area contributed by atoms with Gasteiger partial charge in [-0.1, -0.05) is 64.6 Å². The van der Waals surface area contributed by atoms with Gasteiger partial charge in [-0.25, -0.2) is 0 Å². The summed E-state index contributed by atoms with van der Waals surface area (Å²) in [6.45, 7) is 7.18. The van der Waals surface area contributed by atoms with Gasteiger partial charge in [0.1, 0.15) is 0 Å². The fourth-order valence-electron chi connectivity index (χ4n) is 1.33. The molecule has 76 valence electrons. The second-order valence-corrected chi connectivity index (χ2v) is 7.32. The summed E-state index contributed by atoms with van der Waals surface area (Å²) in [5.74, 6) is 0. The van der Waals surface area contributed by atoms with Crippen LogP contribution in [0, 0.1) is 0 Å². The molecule has 0 bridgehead atoms. The van der Waals surface area contributed by atoms with Crippen molar-refractivity contribution in [3.63, 3.8) is 0 Å². The minimum Gasteiger partial charge on any atom is -0.147 e. The molecule has 0 saturated carbocycles. The van der Waals surface area contributed by atoms with Gasteiger partial charge < -0.3 is 0 Å². The average Bonchev–Trinajstić information content (AvgIpc) is 1.96. The van der Waals surface area contributed by atoms with E-state index in [1.165, 1.54) is 38.5 Å². The quantitative estimate of drug-likeness (QED) is 0.434. The Labute approximate surface area is 86.2 Å². The van der Waals surface area contributed by atoms with Crippen molar-refractivity contribution in [3.05, 3.63) is 0 Å². The average molecular weight is 209 g/mol. The Balaban J connectivity index is 0. The molecule has 0 spiro atoms. The molecule has 0 atom stereocenters. The van der Waals surface area contributed by atoms with E-state index >= 15 is 0 Å². The Hall–Kier alpha value is 0.507. The van der Waals surface area contributed by atoms with Gasteiger partial charge in [0, 0.05) is 8.80 Å². The lowest BCUT2D eigenvalue weighted by Crippen LogP contribution is -1.97. The first-order valence-electron chi connectivity index (χ1n) is 5.27. The lowest BCUT2D eigenvalue weighted by atomic mass is 10.1. The molecule has 0 aliphatic rings. The number of hydrogen-bond acceptors (Lipinski definition) is 0. The van der Waals surface area contributed by atoms with Crippen LogP contribution in [0.5, 0.6) is 0 Å². The maximum Gasteiger partial charge on any atom is 0.0305 e. The van der Waals surface area contributed by atoms with Crippen LogP contribution in [-0.4, -0.2) is 8.80 Å². The van der Waals surface area contributed by atoms with Crippen LogP contribution in [0.1, 0.15) is 45.4 Å². The van der Waals surface area contributed by atoms with E-state index in [-0.39, 0.29) is 21.2 Å². The van der Waals surface area contributed by atoms with Crippen LogP contribution >= 0.6 is 12.4 Å². The normalized spacial score (nSPS) is 10.0. The molecule has 0 aliphatic heterocycles. The number of unbranched alkanes of at least 4 members (excludes halogenated alkanes) is 5. The molecule has 0 heterocycles. The third-order valence-electron chi connectivity index (χ3n) is 2.14. The Bertz CT molecular complexity index is 74.2. The highest BCUT2D eigenvalue weighted by Crippen LogP contribution is 2.08. The highest BCUT2D eigenvalue weighted by atomic mass is 35.5. The van der Waals surface area contributed by atoms with E-state index in [1.54, 1.807) is 6.04 Å².